The average Bonchev–Trinajstić information content (AvgIpc) is 2.57. The first-order chi connectivity index (χ1) is 14.0. The highest BCUT2D eigenvalue weighted by Crippen LogP contribution is 2.42. The Morgan fingerprint density at radius 3 is 2.16 bits per heavy atom. The summed E-state index contributed by atoms with van der Waals surface area (Å²) in [4.78, 5) is 30.1. The van der Waals surface area contributed by atoms with Gasteiger partial charge in [-0.2, -0.15) is 0 Å². The van der Waals surface area contributed by atoms with Crippen LogP contribution >= 0.6 is 11.6 Å². The molecule has 1 rings (SSSR count). The molecule has 0 unspecified atom stereocenters. The average molecular weight is 473 g/mol. The maximum absolute atomic E-state index is 12.9. The van der Waals surface area contributed by atoms with Crippen LogP contribution in [-0.2, 0) is 9.16 Å². The molecule has 1 aromatic rings. The molecule has 7 nitrogen and oxygen atoms in total. The molecule has 2 atom stereocenters. The smallest absolute Gasteiger partial charge is 0.420 e. The fraction of sp³-hybridized carbons (Fsp3) is 0.682. The third-order valence-electron chi connectivity index (χ3n) is 5.37. The minimum Gasteiger partial charge on any atom is -0.465 e. The first-order valence-electron chi connectivity index (χ1n) is 10.5. The van der Waals surface area contributed by atoms with E-state index in [-0.39, 0.29) is 5.04 Å². The molecule has 0 saturated carbocycles. The van der Waals surface area contributed by atoms with Gasteiger partial charge in [-0.1, -0.05) is 51.8 Å². The first-order valence-corrected chi connectivity index (χ1v) is 13.8. The zero-order chi connectivity index (χ0) is 24.2. The maximum atomic E-state index is 12.9. The van der Waals surface area contributed by atoms with Crippen molar-refractivity contribution < 1.29 is 23.9 Å². The SMILES string of the molecule is CCC[C@H]([C@H](O[Si](C)(C)C(C)(C)C)c1ccc(Cl)nc1)N(C(=O)O)C(=O)OC(C)(C)C. The summed E-state index contributed by atoms with van der Waals surface area (Å²) < 4.78 is 12.1. The number of carboxylic acid groups (broad SMARTS) is 1. The number of rotatable bonds is 7. The lowest BCUT2D eigenvalue weighted by atomic mass is 9.99. The Morgan fingerprint density at radius 1 is 1.19 bits per heavy atom. The number of ether oxygens (including phenoxy) is 1. The van der Waals surface area contributed by atoms with Gasteiger partial charge in [0.1, 0.15) is 10.8 Å². The van der Waals surface area contributed by atoms with Crippen molar-refractivity contribution in [3.63, 3.8) is 0 Å². The highest BCUT2D eigenvalue weighted by Gasteiger charge is 2.45. The Bertz CT molecular complexity index is 757. The number of imide groups is 1. The van der Waals surface area contributed by atoms with Crippen molar-refractivity contribution >= 4 is 32.1 Å². The molecule has 0 aliphatic rings. The van der Waals surface area contributed by atoms with Crippen LogP contribution in [-0.4, -0.2) is 47.1 Å². The molecular formula is C22H37ClN2O5Si. The van der Waals surface area contributed by atoms with Crippen LogP contribution in [0.15, 0.2) is 18.3 Å². The van der Waals surface area contributed by atoms with Crippen LogP contribution in [0.25, 0.3) is 0 Å². The first kappa shape index (κ1) is 27.4. The Hall–Kier alpha value is -1.64. The Morgan fingerprint density at radius 2 is 1.77 bits per heavy atom. The lowest BCUT2D eigenvalue weighted by molar-refractivity contribution is -0.000778. The van der Waals surface area contributed by atoms with Crippen LogP contribution in [0.1, 0.15) is 73.0 Å². The van der Waals surface area contributed by atoms with Crippen LogP contribution in [0.4, 0.5) is 9.59 Å². The molecule has 0 bridgehead atoms. The summed E-state index contributed by atoms with van der Waals surface area (Å²) >= 11 is 5.98. The van der Waals surface area contributed by atoms with Crippen molar-refractivity contribution in [2.75, 3.05) is 0 Å². The van der Waals surface area contributed by atoms with E-state index in [4.69, 9.17) is 20.8 Å². The standard InChI is InChI=1S/C22H37ClN2O5Si/c1-10-11-16(25(19(26)27)20(28)29-21(2,3)4)18(15-12-13-17(23)24-14-15)30-31(8,9)22(5,6)7/h12-14,16,18H,10-11H2,1-9H3,(H,26,27)/t16-,18-/m1/s1. The topological polar surface area (TPSA) is 89.0 Å². The van der Waals surface area contributed by atoms with Crippen molar-refractivity contribution in [3.8, 4) is 0 Å². The van der Waals surface area contributed by atoms with Crippen LogP contribution in [0, 0.1) is 0 Å². The van der Waals surface area contributed by atoms with E-state index in [2.05, 4.69) is 38.8 Å². The van der Waals surface area contributed by atoms with E-state index in [0.717, 1.165) is 4.90 Å². The third kappa shape index (κ3) is 7.77. The number of carbonyl (C=O) groups is 2. The summed E-state index contributed by atoms with van der Waals surface area (Å²) in [5.74, 6) is 0. The van der Waals surface area contributed by atoms with Gasteiger partial charge in [-0.3, -0.25) is 0 Å². The van der Waals surface area contributed by atoms with Gasteiger partial charge in [0, 0.05) is 11.8 Å². The van der Waals surface area contributed by atoms with Crippen molar-refractivity contribution in [2.45, 2.75) is 97.2 Å². The van der Waals surface area contributed by atoms with Gasteiger partial charge in [0.05, 0.1) is 12.1 Å². The minimum atomic E-state index is -2.35. The summed E-state index contributed by atoms with van der Waals surface area (Å²) in [5, 5.41) is 10.2. The van der Waals surface area contributed by atoms with Gasteiger partial charge in [-0.05, 0) is 51.4 Å². The molecule has 176 valence electrons. The van der Waals surface area contributed by atoms with Crippen molar-refractivity contribution in [1.82, 2.24) is 9.88 Å². The van der Waals surface area contributed by atoms with Crippen LogP contribution < -0.4 is 0 Å². The molecule has 0 saturated heterocycles. The number of halogens is 1. The molecule has 1 heterocycles. The van der Waals surface area contributed by atoms with Gasteiger partial charge in [-0.15, -0.1) is 0 Å². The molecule has 31 heavy (non-hydrogen) atoms. The van der Waals surface area contributed by atoms with Crippen molar-refractivity contribution in [1.29, 1.82) is 0 Å². The number of pyridine rings is 1. The normalized spacial score (nSPS) is 14.6. The molecule has 9 heteroatoms. The molecule has 0 aliphatic carbocycles. The monoisotopic (exact) mass is 472 g/mol. The number of amides is 2. The Labute approximate surface area is 192 Å². The fourth-order valence-electron chi connectivity index (χ4n) is 2.80. The van der Waals surface area contributed by atoms with Gasteiger partial charge < -0.3 is 14.3 Å². The van der Waals surface area contributed by atoms with E-state index in [1.807, 2.05) is 6.92 Å². The lowest BCUT2D eigenvalue weighted by Crippen LogP contribution is -2.52. The van der Waals surface area contributed by atoms with Crippen LogP contribution in [0.3, 0.4) is 0 Å². The van der Waals surface area contributed by atoms with Crippen LogP contribution in [0.2, 0.25) is 23.3 Å². The van der Waals surface area contributed by atoms with Gasteiger partial charge in [0.25, 0.3) is 0 Å². The number of nitrogens with zero attached hydrogens (tertiary/aromatic N) is 2. The predicted octanol–water partition coefficient (Wildman–Crippen LogP) is 6.88. The summed E-state index contributed by atoms with van der Waals surface area (Å²) in [6.07, 6.45) is -0.349. The highest BCUT2D eigenvalue weighted by atomic mass is 35.5. The van der Waals surface area contributed by atoms with Crippen LogP contribution in [0.5, 0.6) is 0 Å². The lowest BCUT2D eigenvalue weighted by Gasteiger charge is -2.43. The third-order valence-corrected chi connectivity index (χ3v) is 10.0. The maximum Gasteiger partial charge on any atom is 0.420 e. The zero-order valence-corrected chi connectivity index (χ0v) is 21.9. The van der Waals surface area contributed by atoms with Gasteiger partial charge in [-0.25, -0.2) is 19.5 Å². The van der Waals surface area contributed by atoms with E-state index in [1.165, 1.54) is 0 Å². The Kier molecular flexibility index (Phi) is 9.11. The second kappa shape index (κ2) is 10.3. The van der Waals surface area contributed by atoms with Crippen molar-refractivity contribution in [2.24, 2.45) is 0 Å². The zero-order valence-electron chi connectivity index (χ0n) is 20.2. The largest absolute Gasteiger partial charge is 0.465 e. The molecule has 0 fully saturated rings. The summed E-state index contributed by atoms with van der Waals surface area (Å²) in [6, 6.07) is 2.63. The molecule has 2 amide bonds. The van der Waals surface area contributed by atoms with Crippen molar-refractivity contribution in [3.05, 3.63) is 29.0 Å². The number of hydrogen-bond donors (Lipinski definition) is 1. The van der Waals surface area contributed by atoms with E-state index >= 15 is 0 Å². The summed E-state index contributed by atoms with van der Waals surface area (Å²) in [7, 11) is -2.35. The molecule has 1 N–H and O–H groups in total. The minimum absolute atomic E-state index is 0.123. The fourth-order valence-corrected chi connectivity index (χ4v) is 4.19. The molecule has 0 aliphatic heterocycles. The summed E-state index contributed by atoms with van der Waals surface area (Å²) in [5.41, 5.74) is -0.165. The van der Waals surface area contributed by atoms with E-state index in [0.29, 0.717) is 23.6 Å². The molecule has 1 aromatic heterocycles. The highest BCUT2D eigenvalue weighted by molar-refractivity contribution is 6.74. The second-order valence-electron chi connectivity index (χ2n) is 10.2. The second-order valence-corrected chi connectivity index (χ2v) is 15.3. The van der Waals surface area contributed by atoms with Gasteiger partial charge >= 0.3 is 12.2 Å². The van der Waals surface area contributed by atoms with E-state index in [1.54, 1.807) is 39.1 Å². The van der Waals surface area contributed by atoms with E-state index in [9.17, 15) is 14.7 Å². The molecular weight excluding hydrogens is 436 g/mol. The number of aromatic nitrogens is 1. The Balaban J connectivity index is 3.57. The molecule has 0 spiro atoms. The van der Waals surface area contributed by atoms with Gasteiger partial charge in [0.15, 0.2) is 8.32 Å². The number of hydrogen-bond acceptors (Lipinski definition) is 5. The predicted molar refractivity (Wildman–Crippen MR) is 125 cm³/mol. The quantitative estimate of drug-likeness (QED) is 0.343. The molecule has 0 aromatic carbocycles. The number of carbonyl (C=O) groups excluding carboxylic acids is 1. The van der Waals surface area contributed by atoms with Gasteiger partial charge in [0.2, 0.25) is 0 Å². The summed E-state index contributed by atoms with van der Waals surface area (Å²) in [6.45, 7) is 17.5. The molecule has 0 radical (unpaired) electrons. The van der Waals surface area contributed by atoms with E-state index < -0.39 is 38.3 Å².